The van der Waals surface area contributed by atoms with Crippen molar-refractivity contribution in [2.24, 2.45) is 7.05 Å². The molecule has 1 aromatic heterocycles. The Morgan fingerprint density at radius 3 is 2.08 bits per heavy atom. The fourth-order valence-corrected chi connectivity index (χ4v) is 3.83. The lowest BCUT2D eigenvalue weighted by atomic mass is 10.3. The van der Waals surface area contributed by atoms with Crippen LogP contribution in [-0.2, 0) is 7.05 Å². The Balaban J connectivity index is 2.10. The molecule has 0 aliphatic heterocycles. The number of hydrogen-bond acceptors (Lipinski definition) is 4. The zero-order valence-corrected chi connectivity index (χ0v) is 16.2. The van der Waals surface area contributed by atoms with Gasteiger partial charge in [-0.15, -0.1) is 0 Å². The van der Waals surface area contributed by atoms with Gasteiger partial charge < -0.3 is 0 Å². The van der Waals surface area contributed by atoms with E-state index in [9.17, 15) is 14.4 Å². The Bertz CT molecular complexity index is 1140. The first-order valence-corrected chi connectivity index (χ1v) is 9.08. The first-order valence-electron chi connectivity index (χ1n) is 7.13. The average molecular weight is 431 g/mol. The molecule has 0 aliphatic carbocycles. The topological polar surface area (TPSA) is 76.9 Å². The van der Waals surface area contributed by atoms with Crippen molar-refractivity contribution in [1.82, 2.24) is 14.1 Å². The molecule has 0 bridgehead atoms. The summed E-state index contributed by atoms with van der Waals surface area (Å²) >= 11 is 19.8. The molecule has 1 heterocycles. The van der Waals surface area contributed by atoms with Gasteiger partial charge in [0.15, 0.2) is 0 Å². The van der Waals surface area contributed by atoms with Gasteiger partial charge in [-0.25, -0.2) is 23.5 Å². The van der Waals surface area contributed by atoms with Crippen LogP contribution >= 0.6 is 46.6 Å². The van der Waals surface area contributed by atoms with E-state index >= 15 is 0 Å². The monoisotopic (exact) mass is 429 g/mol. The van der Waals surface area contributed by atoms with E-state index in [0.29, 0.717) is 9.92 Å². The highest BCUT2D eigenvalue weighted by Gasteiger charge is 2.15. The van der Waals surface area contributed by atoms with E-state index in [1.165, 1.54) is 30.9 Å². The van der Waals surface area contributed by atoms with Crippen molar-refractivity contribution in [1.29, 1.82) is 0 Å². The minimum absolute atomic E-state index is 0.155. The summed E-state index contributed by atoms with van der Waals surface area (Å²) in [7, 11) is 1.26. The maximum Gasteiger partial charge on any atom is 0.340 e. The van der Waals surface area contributed by atoms with Crippen molar-refractivity contribution in [2.45, 2.75) is 9.79 Å². The van der Waals surface area contributed by atoms with Crippen LogP contribution in [0.15, 0.2) is 60.6 Å². The van der Waals surface area contributed by atoms with Gasteiger partial charge in [0, 0.05) is 21.9 Å². The normalized spacial score (nSPS) is 10.9. The molecule has 10 heteroatoms. The van der Waals surface area contributed by atoms with E-state index < -0.39 is 17.1 Å². The highest BCUT2D eigenvalue weighted by atomic mass is 35.5. The zero-order chi connectivity index (χ0) is 19.0. The summed E-state index contributed by atoms with van der Waals surface area (Å²) in [5.74, 6) is 0. The van der Waals surface area contributed by atoms with Gasteiger partial charge in [-0.3, -0.25) is 4.98 Å². The molecule has 3 rings (SSSR count). The lowest BCUT2D eigenvalue weighted by Crippen LogP contribution is -2.47. The van der Waals surface area contributed by atoms with Gasteiger partial charge in [-0.1, -0.05) is 46.6 Å². The Kier molecular flexibility index (Phi) is 5.34. The smallest absolute Gasteiger partial charge is 0.258 e. The van der Waals surface area contributed by atoms with E-state index in [2.05, 4.69) is 4.98 Å². The van der Waals surface area contributed by atoms with Gasteiger partial charge in [0.1, 0.15) is 0 Å². The van der Waals surface area contributed by atoms with Crippen LogP contribution in [0.25, 0.3) is 5.69 Å². The van der Waals surface area contributed by atoms with Crippen molar-refractivity contribution in [3.63, 3.8) is 0 Å². The van der Waals surface area contributed by atoms with Crippen molar-refractivity contribution in [3.05, 3.63) is 82.9 Å². The van der Waals surface area contributed by atoms with E-state index in [1.807, 2.05) is 12.1 Å². The maximum absolute atomic E-state index is 12.2. The number of H-pyrrole nitrogens is 1. The molecular weight excluding hydrogens is 421 g/mol. The summed E-state index contributed by atoms with van der Waals surface area (Å²) in [4.78, 5) is 39.2. The molecule has 0 spiro atoms. The van der Waals surface area contributed by atoms with Gasteiger partial charge in [0.25, 0.3) is 0 Å². The molecule has 0 saturated carbocycles. The molecule has 0 atom stereocenters. The van der Waals surface area contributed by atoms with Crippen LogP contribution in [0.5, 0.6) is 0 Å². The molecule has 2 aromatic carbocycles. The lowest BCUT2D eigenvalue weighted by Gasteiger charge is -2.11. The highest BCUT2D eigenvalue weighted by molar-refractivity contribution is 7.99. The number of hydrogen-bond donors (Lipinski definition) is 1. The molecule has 134 valence electrons. The third-order valence-electron chi connectivity index (χ3n) is 3.47. The van der Waals surface area contributed by atoms with Gasteiger partial charge in [-0.05, 0) is 36.4 Å². The molecule has 26 heavy (non-hydrogen) atoms. The van der Waals surface area contributed by atoms with E-state index in [-0.39, 0.29) is 15.7 Å². The molecule has 3 aromatic rings. The van der Waals surface area contributed by atoms with Crippen LogP contribution in [0.2, 0.25) is 15.1 Å². The standard InChI is InChI=1S/C16H10Cl3N3O3S/c1-21-14(23)20-15(24)22(16(21)25)9-6-11(18)13(12(19)7-9)26-10-4-2-8(17)3-5-10/h2-7H,1H3,(H,20,23,24). The second-order valence-corrected chi connectivity index (χ2v) is 7.54. The Hall–Kier alpha value is -1.93. The van der Waals surface area contributed by atoms with Gasteiger partial charge in [0.05, 0.1) is 15.7 Å². The van der Waals surface area contributed by atoms with E-state index in [1.54, 1.807) is 12.1 Å². The number of rotatable bonds is 3. The number of halogens is 3. The summed E-state index contributed by atoms with van der Waals surface area (Å²) in [6.07, 6.45) is 0. The SMILES string of the molecule is Cn1c(=O)[nH]c(=O)n(-c2cc(Cl)c(Sc3ccc(Cl)cc3)c(Cl)c2)c1=O. The molecule has 0 radical (unpaired) electrons. The predicted molar refractivity (Wildman–Crippen MR) is 103 cm³/mol. The molecule has 1 N–H and O–H groups in total. The van der Waals surface area contributed by atoms with Gasteiger partial charge in [0.2, 0.25) is 0 Å². The number of benzene rings is 2. The van der Waals surface area contributed by atoms with Crippen LogP contribution in [0, 0.1) is 0 Å². The molecule has 0 fully saturated rings. The van der Waals surface area contributed by atoms with Crippen molar-refractivity contribution in [2.75, 3.05) is 0 Å². The number of nitrogens with zero attached hydrogens (tertiary/aromatic N) is 2. The van der Waals surface area contributed by atoms with Crippen molar-refractivity contribution >= 4 is 46.6 Å². The molecule has 6 nitrogen and oxygen atoms in total. The van der Waals surface area contributed by atoms with Crippen LogP contribution < -0.4 is 17.1 Å². The largest absolute Gasteiger partial charge is 0.340 e. The van der Waals surface area contributed by atoms with E-state index in [4.69, 9.17) is 34.8 Å². The first-order chi connectivity index (χ1) is 12.3. The minimum Gasteiger partial charge on any atom is -0.258 e. The Morgan fingerprint density at radius 1 is 0.923 bits per heavy atom. The van der Waals surface area contributed by atoms with Crippen LogP contribution in [0.1, 0.15) is 0 Å². The predicted octanol–water partition coefficient (Wildman–Crippen LogP) is 3.34. The first kappa shape index (κ1) is 18.8. The number of aromatic amines is 1. The molecule has 0 saturated heterocycles. The van der Waals surface area contributed by atoms with Crippen LogP contribution in [0.4, 0.5) is 0 Å². The fraction of sp³-hybridized carbons (Fsp3) is 0.0625. The van der Waals surface area contributed by atoms with Crippen LogP contribution in [0.3, 0.4) is 0 Å². The molecule has 0 aliphatic rings. The van der Waals surface area contributed by atoms with E-state index in [0.717, 1.165) is 14.0 Å². The zero-order valence-electron chi connectivity index (χ0n) is 13.1. The lowest BCUT2D eigenvalue weighted by molar-refractivity contribution is 0.660. The fourth-order valence-electron chi connectivity index (χ4n) is 2.18. The molecule has 0 unspecified atom stereocenters. The highest BCUT2D eigenvalue weighted by Crippen LogP contribution is 2.40. The number of nitrogens with one attached hydrogen (secondary N) is 1. The quantitative estimate of drug-likeness (QED) is 0.691. The van der Waals surface area contributed by atoms with Crippen LogP contribution in [-0.4, -0.2) is 14.1 Å². The summed E-state index contributed by atoms with van der Waals surface area (Å²) in [6, 6.07) is 9.98. The summed E-state index contributed by atoms with van der Waals surface area (Å²) < 4.78 is 1.56. The average Bonchev–Trinajstić information content (AvgIpc) is 2.58. The minimum atomic E-state index is -0.872. The Labute approximate surface area is 166 Å². The van der Waals surface area contributed by atoms with Crippen molar-refractivity contribution < 1.29 is 0 Å². The van der Waals surface area contributed by atoms with Gasteiger partial charge >= 0.3 is 17.1 Å². The third kappa shape index (κ3) is 3.61. The van der Waals surface area contributed by atoms with Gasteiger partial charge in [-0.2, -0.15) is 0 Å². The summed E-state index contributed by atoms with van der Waals surface area (Å²) in [5.41, 5.74) is -2.32. The second kappa shape index (κ2) is 7.36. The summed E-state index contributed by atoms with van der Waals surface area (Å²) in [5, 5.41) is 1.12. The Morgan fingerprint density at radius 2 is 1.50 bits per heavy atom. The van der Waals surface area contributed by atoms with Crippen molar-refractivity contribution in [3.8, 4) is 5.69 Å². The second-order valence-electron chi connectivity index (χ2n) is 5.21. The third-order valence-corrected chi connectivity index (χ3v) is 5.70. The number of aromatic nitrogens is 3. The summed E-state index contributed by atoms with van der Waals surface area (Å²) in [6.45, 7) is 0. The molecular formula is C16H10Cl3N3O3S. The maximum atomic E-state index is 12.2. The molecule has 0 amide bonds.